The number of nitrogens with zero attached hydrogens (tertiary/aromatic N) is 2. The van der Waals surface area contributed by atoms with Crippen molar-refractivity contribution in [2.45, 2.75) is 45.2 Å². The molecule has 29 heavy (non-hydrogen) atoms. The average molecular weight is 406 g/mol. The van der Waals surface area contributed by atoms with E-state index in [2.05, 4.69) is 10.6 Å². The number of esters is 1. The van der Waals surface area contributed by atoms with E-state index < -0.39 is 28.9 Å². The predicted molar refractivity (Wildman–Crippen MR) is 106 cm³/mol. The van der Waals surface area contributed by atoms with Crippen molar-refractivity contribution in [2.75, 3.05) is 25.5 Å². The number of rotatable bonds is 8. The monoisotopic (exact) mass is 406 g/mol. The van der Waals surface area contributed by atoms with Gasteiger partial charge in [0.1, 0.15) is 5.69 Å². The Hall–Kier alpha value is -3.17. The Bertz CT molecular complexity index is 813. The molecule has 0 saturated heterocycles. The lowest BCUT2D eigenvalue weighted by Crippen LogP contribution is -2.46. The van der Waals surface area contributed by atoms with Crippen molar-refractivity contribution in [2.24, 2.45) is 0 Å². The lowest BCUT2D eigenvalue weighted by molar-refractivity contribution is -0.384. The molecule has 0 aromatic heterocycles. The maximum absolute atomic E-state index is 12.2. The molecule has 0 atom stereocenters. The first kappa shape index (κ1) is 22.1. The SMILES string of the molecule is CN(CC(=O)NC(C)(C)C)C(=O)COC(=O)c1ccc(NC2CC2)c([N+](=O)[O-])c1. The molecule has 2 rings (SSSR count). The number of carbonyl (C=O) groups is 3. The third kappa shape index (κ3) is 7.05. The predicted octanol–water partition coefficient (Wildman–Crippen LogP) is 1.70. The first-order valence-corrected chi connectivity index (χ1v) is 9.23. The van der Waals surface area contributed by atoms with E-state index in [0.29, 0.717) is 5.69 Å². The lowest BCUT2D eigenvalue weighted by atomic mass is 10.1. The molecule has 0 unspecified atom stereocenters. The fraction of sp³-hybridized carbons (Fsp3) is 0.526. The topological polar surface area (TPSA) is 131 Å². The summed E-state index contributed by atoms with van der Waals surface area (Å²) >= 11 is 0. The molecule has 1 aliphatic carbocycles. The van der Waals surface area contributed by atoms with Crippen molar-refractivity contribution in [3.63, 3.8) is 0 Å². The van der Waals surface area contributed by atoms with Crippen LogP contribution in [0.3, 0.4) is 0 Å². The molecule has 1 fully saturated rings. The molecular weight excluding hydrogens is 380 g/mol. The number of hydrogen-bond acceptors (Lipinski definition) is 7. The smallest absolute Gasteiger partial charge is 0.338 e. The second-order valence-corrected chi connectivity index (χ2v) is 8.03. The van der Waals surface area contributed by atoms with Crippen LogP contribution in [0.25, 0.3) is 0 Å². The number of likely N-dealkylation sites (N-methyl/N-ethyl adjacent to an activating group) is 1. The Morgan fingerprint density at radius 3 is 2.48 bits per heavy atom. The van der Waals surface area contributed by atoms with E-state index in [0.717, 1.165) is 23.8 Å². The minimum Gasteiger partial charge on any atom is -0.452 e. The summed E-state index contributed by atoms with van der Waals surface area (Å²) in [7, 11) is 1.42. The molecule has 0 spiro atoms. The zero-order valence-electron chi connectivity index (χ0n) is 17.0. The summed E-state index contributed by atoms with van der Waals surface area (Å²) in [6.07, 6.45) is 1.90. The van der Waals surface area contributed by atoms with Crippen LogP contribution in [-0.4, -0.2) is 59.4 Å². The second kappa shape index (κ2) is 8.89. The van der Waals surface area contributed by atoms with Gasteiger partial charge < -0.3 is 20.3 Å². The van der Waals surface area contributed by atoms with Crippen LogP contribution in [0.2, 0.25) is 0 Å². The number of benzene rings is 1. The molecule has 1 saturated carbocycles. The van der Waals surface area contributed by atoms with Crippen molar-refractivity contribution >= 4 is 29.2 Å². The fourth-order valence-corrected chi connectivity index (χ4v) is 2.46. The van der Waals surface area contributed by atoms with Gasteiger partial charge in [-0.15, -0.1) is 0 Å². The molecule has 1 aromatic rings. The molecule has 2 N–H and O–H groups in total. The van der Waals surface area contributed by atoms with E-state index in [1.807, 2.05) is 20.8 Å². The molecule has 1 aromatic carbocycles. The minimum atomic E-state index is -0.855. The van der Waals surface area contributed by atoms with E-state index >= 15 is 0 Å². The van der Waals surface area contributed by atoms with E-state index in [1.165, 1.54) is 19.2 Å². The summed E-state index contributed by atoms with van der Waals surface area (Å²) in [4.78, 5) is 48.0. The van der Waals surface area contributed by atoms with Gasteiger partial charge >= 0.3 is 5.97 Å². The summed E-state index contributed by atoms with van der Waals surface area (Å²) in [6.45, 7) is 4.70. The third-order valence-corrected chi connectivity index (χ3v) is 4.01. The standard InChI is InChI=1S/C19H26N4O6/c1-19(2,3)21-16(24)10-22(4)17(25)11-29-18(26)12-5-8-14(20-13-6-7-13)15(9-12)23(27)28/h5,8-9,13,20H,6-7,10-11H2,1-4H3,(H,21,24). The molecule has 1 aliphatic rings. The summed E-state index contributed by atoms with van der Waals surface area (Å²) in [5, 5.41) is 17.0. The van der Waals surface area contributed by atoms with Crippen LogP contribution < -0.4 is 10.6 Å². The number of hydrogen-bond donors (Lipinski definition) is 2. The van der Waals surface area contributed by atoms with Crippen LogP contribution in [0, 0.1) is 10.1 Å². The zero-order chi connectivity index (χ0) is 21.8. The van der Waals surface area contributed by atoms with E-state index in [-0.39, 0.29) is 29.7 Å². The van der Waals surface area contributed by atoms with Crippen LogP contribution in [0.5, 0.6) is 0 Å². The summed E-state index contributed by atoms with van der Waals surface area (Å²) < 4.78 is 4.96. The van der Waals surface area contributed by atoms with Gasteiger partial charge in [0.05, 0.1) is 17.0 Å². The molecule has 0 aliphatic heterocycles. The number of carbonyl (C=O) groups excluding carboxylic acids is 3. The summed E-state index contributed by atoms with van der Waals surface area (Å²) in [5.74, 6) is -1.76. The van der Waals surface area contributed by atoms with E-state index in [9.17, 15) is 24.5 Å². The highest BCUT2D eigenvalue weighted by Gasteiger charge is 2.26. The highest BCUT2D eigenvalue weighted by Crippen LogP contribution is 2.31. The largest absolute Gasteiger partial charge is 0.452 e. The summed E-state index contributed by atoms with van der Waals surface area (Å²) in [5.41, 5.74) is -0.342. The lowest BCUT2D eigenvalue weighted by Gasteiger charge is -2.23. The van der Waals surface area contributed by atoms with E-state index in [4.69, 9.17) is 4.74 Å². The van der Waals surface area contributed by atoms with Gasteiger partial charge in [0.15, 0.2) is 6.61 Å². The highest BCUT2D eigenvalue weighted by atomic mass is 16.6. The fourth-order valence-electron chi connectivity index (χ4n) is 2.46. The number of amides is 2. The maximum atomic E-state index is 12.2. The van der Waals surface area contributed by atoms with Gasteiger partial charge in [-0.1, -0.05) is 0 Å². The Kier molecular flexibility index (Phi) is 6.78. The van der Waals surface area contributed by atoms with Crippen molar-refractivity contribution in [3.05, 3.63) is 33.9 Å². The van der Waals surface area contributed by atoms with Gasteiger partial charge in [0, 0.05) is 24.7 Å². The quantitative estimate of drug-likeness (QED) is 0.382. The van der Waals surface area contributed by atoms with Crippen LogP contribution in [0.4, 0.5) is 11.4 Å². The summed E-state index contributed by atoms with van der Waals surface area (Å²) in [6, 6.07) is 4.20. The first-order chi connectivity index (χ1) is 13.5. The first-order valence-electron chi connectivity index (χ1n) is 9.23. The molecule has 0 bridgehead atoms. The van der Waals surface area contributed by atoms with Gasteiger partial charge in [-0.25, -0.2) is 4.79 Å². The molecule has 10 nitrogen and oxygen atoms in total. The van der Waals surface area contributed by atoms with Crippen molar-refractivity contribution in [1.82, 2.24) is 10.2 Å². The van der Waals surface area contributed by atoms with Crippen molar-refractivity contribution in [3.8, 4) is 0 Å². The average Bonchev–Trinajstić information content (AvgIpc) is 3.41. The van der Waals surface area contributed by atoms with Crippen LogP contribution in [0.1, 0.15) is 44.0 Å². The van der Waals surface area contributed by atoms with Gasteiger partial charge in [-0.2, -0.15) is 0 Å². The minimum absolute atomic E-state index is 0.0287. The van der Waals surface area contributed by atoms with Crippen LogP contribution in [0.15, 0.2) is 18.2 Å². The Balaban J connectivity index is 1.92. The Labute approximate surface area is 168 Å². The van der Waals surface area contributed by atoms with Gasteiger partial charge in [0.2, 0.25) is 5.91 Å². The highest BCUT2D eigenvalue weighted by molar-refractivity contribution is 5.93. The zero-order valence-corrected chi connectivity index (χ0v) is 17.0. The maximum Gasteiger partial charge on any atom is 0.338 e. The van der Waals surface area contributed by atoms with Crippen LogP contribution in [-0.2, 0) is 14.3 Å². The molecule has 0 heterocycles. The number of ether oxygens (including phenoxy) is 1. The molecule has 158 valence electrons. The third-order valence-electron chi connectivity index (χ3n) is 4.01. The molecular formula is C19H26N4O6. The van der Waals surface area contributed by atoms with Gasteiger partial charge in [0.25, 0.3) is 11.6 Å². The number of nitrogens with one attached hydrogen (secondary N) is 2. The normalized spacial score (nSPS) is 13.4. The van der Waals surface area contributed by atoms with Crippen LogP contribution >= 0.6 is 0 Å². The molecule has 10 heteroatoms. The number of nitro groups is 1. The Morgan fingerprint density at radius 1 is 1.28 bits per heavy atom. The molecule has 2 amide bonds. The number of nitro benzene ring substituents is 1. The van der Waals surface area contributed by atoms with Crippen molar-refractivity contribution in [1.29, 1.82) is 0 Å². The Morgan fingerprint density at radius 2 is 1.93 bits per heavy atom. The van der Waals surface area contributed by atoms with Gasteiger partial charge in [-0.3, -0.25) is 19.7 Å². The molecule has 0 radical (unpaired) electrons. The van der Waals surface area contributed by atoms with Gasteiger partial charge in [-0.05, 0) is 45.7 Å². The number of anilines is 1. The second-order valence-electron chi connectivity index (χ2n) is 8.03. The van der Waals surface area contributed by atoms with Crippen molar-refractivity contribution < 1.29 is 24.0 Å². The van der Waals surface area contributed by atoms with E-state index in [1.54, 1.807) is 0 Å².